The highest BCUT2D eigenvalue weighted by molar-refractivity contribution is 9.11. The maximum Gasteiger partial charge on any atom is 0.152 e. The van der Waals surface area contributed by atoms with Gasteiger partial charge in [-0.2, -0.15) is 0 Å². The third-order valence-electron chi connectivity index (χ3n) is 2.17. The van der Waals surface area contributed by atoms with E-state index >= 15 is 0 Å². The minimum Gasteiger partial charge on any atom is -0.383 e. The van der Waals surface area contributed by atoms with E-state index in [0.29, 0.717) is 13.0 Å². The number of hydrogen-bond acceptors (Lipinski definition) is 3. The normalized spacial score (nSPS) is 11.5. The number of anilines is 1. The summed E-state index contributed by atoms with van der Waals surface area (Å²) in [5.41, 5.74) is 0.903. The lowest BCUT2D eigenvalue weighted by Crippen LogP contribution is -2.18. The molecule has 1 aromatic rings. The molecule has 0 aliphatic rings. The van der Waals surface area contributed by atoms with Crippen molar-refractivity contribution in [2.45, 2.75) is 13.3 Å². The van der Waals surface area contributed by atoms with Crippen molar-refractivity contribution < 1.29 is 8.42 Å². The van der Waals surface area contributed by atoms with Gasteiger partial charge in [0.2, 0.25) is 0 Å². The summed E-state index contributed by atoms with van der Waals surface area (Å²) in [4.78, 5) is 0. The first-order valence-corrected chi connectivity index (χ1v) is 8.74. The highest BCUT2D eigenvalue weighted by Gasteiger charge is 2.09. The number of benzene rings is 1. The van der Waals surface area contributed by atoms with Gasteiger partial charge in [0, 0.05) is 26.9 Å². The summed E-state index contributed by atoms with van der Waals surface area (Å²) in [7, 11) is -2.91. The maximum atomic E-state index is 11.5. The van der Waals surface area contributed by atoms with Crippen molar-refractivity contribution in [2.75, 3.05) is 23.4 Å². The fourth-order valence-corrected chi connectivity index (χ4v) is 3.81. The molecular weight excluding hydrogens is 370 g/mol. The second kappa shape index (κ2) is 6.75. The lowest BCUT2D eigenvalue weighted by Gasteiger charge is -2.09. The Morgan fingerprint density at radius 1 is 1.24 bits per heavy atom. The molecule has 0 fully saturated rings. The average Bonchev–Trinajstić information content (AvgIpc) is 2.21. The molecular formula is C11H15Br2NO2S. The summed E-state index contributed by atoms with van der Waals surface area (Å²) in [6, 6.07) is 5.73. The fraction of sp³-hybridized carbons (Fsp3) is 0.455. The minimum absolute atomic E-state index is 0.170. The molecule has 0 unspecified atom stereocenters. The Bertz CT molecular complexity index is 474. The van der Waals surface area contributed by atoms with Crippen molar-refractivity contribution >= 4 is 47.4 Å². The zero-order valence-corrected chi connectivity index (χ0v) is 13.5. The molecule has 0 aliphatic heterocycles. The zero-order valence-electron chi connectivity index (χ0n) is 9.54. The molecule has 6 heteroatoms. The Morgan fingerprint density at radius 2 is 1.94 bits per heavy atom. The molecule has 3 nitrogen and oxygen atoms in total. The van der Waals surface area contributed by atoms with Crippen LogP contribution in [0.2, 0.25) is 0 Å². The van der Waals surface area contributed by atoms with Crippen LogP contribution in [0.1, 0.15) is 13.3 Å². The Hall–Kier alpha value is -0.0700. The van der Waals surface area contributed by atoms with Gasteiger partial charge in [-0.3, -0.25) is 0 Å². The summed E-state index contributed by atoms with van der Waals surface area (Å²) in [6.07, 6.45) is 0.671. The van der Waals surface area contributed by atoms with Gasteiger partial charge in [0.05, 0.1) is 5.75 Å². The van der Waals surface area contributed by atoms with Crippen LogP contribution >= 0.6 is 31.9 Å². The van der Waals surface area contributed by atoms with E-state index < -0.39 is 9.84 Å². The van der Waals surface area contributed by atoms with Crippen LogP contribution in [0.25, 0.3) is 0 Å². The third kappa shape index (κ3) is 5.40. The van der Waals surface area contributed by atoms with Gasteiger partial charge in [-0.25, -0.2) is 8.42 Å². The van der Waals surface area contributed by atoms with Crippen molar-refractivity contribution in [1.29, 1.82) is 0 Å². The van der Waals surface area contributed by atoms with Crippen LogP contribution in [0.3, 0.4) is 0 Å². The third-order valence-corrected chi connectivity index (χ3v) is 5.18. The second-order valence-electron chi connectivity index (χ2n) is 3.70. The predicted octanol–water partition coefficient (Wildman–Crippen LogP) is 3.45. The molecule has 0 radical (unpaired) electrons. The quantitative estimate of drug-likeness (QED) is 0.816. The summed E-state index contributed by atoms with van der Waals surface area (Å²) in [5.74, 6) is 0.430. The van der Waals surface area contributed by atoms with E-state index in [-0.39, 0.29) is 11.5 Å². The van der Waals surface area contributed by atoms with Gasteiger partial charge < -0.3 is 5.32 Å². The van der Waals surface area contributed by atoms with Crippen LogP contribution in [-0.2, 0) is 9.84 Å². The molecule has 0 saturated heterocycles. The van der Waals surface area contributed by atoms with Crippen LogP contribution in [0.5, 0.6) is 0 Å². The zero-order chi connectivity index (χ0) is 12.9. The Kier molecular flexibility index (Phi) is 5.95. The van der Waals surface area contributed by atoms with Gasteiger partial charge in [-0.15, -0.1) is 0 Å². The summed E-state index contributed by atoms with van der Waals surface area (Å²) in [5, 5.41) is 3.11. The molecule has 0 heterocycles. The number of hydrogen-bond donors (Lipinski definition) is 1. The minimum atomic E-state index is -2.91. The van der Waals surface area contributed by atoms with E-state index in [0.717, 1.165) is 14.6 Å². The largest absolute Gasteiger partial charge is 0.383 e. The Labute approximate surface area is 119 Å². The van der Waals surface area contributed by atoms with Gasteiger partial charge >= 0.3 is 0 Å². The Morgan fingerprint density at radius 3 is 2.53 bits per heavy atom. The monoisotopic (exact) mass is 383 g/mol. The van der Waals surface area contributed by atoms with Gasteiger partial charge in [0.25, 0.3) is 0 Å². The highest BCUT2D eigenvalue weighted by Crippen LogP contribution is 2.25. The van der Waals surface area contributed by atoms with Crippen LogP contribution < -0.4 is 5.32 Å². The van der Waals surface area contributed by atoms with E-state index in [1.807, 2.05) is 25.1 Å². The highest BCUT2D eigenvalue weighted by atomic mass is 79.9. The molecule has 0 aliphatic carbocycles. The van der Waals surface area contributed by atoms with Crippen molar-refractivity contribution in [2.24, 2.45) is 0 Å². The number of sulfone groups is 1. The fourth-order valence-electron chi connectivity index (χ4n) is 1.39. The molecule has 1 aromatic carbocycles. The predicted molar refractivity (Wildman–Crippen MR) is 79.3 cm³/mol. The number of nitrogens with one attached hydrogen (secondary N) is 1. The van der Waals surface area contributed by atoms with Gasteiger partial charge in [0.1, 0.15) is 0 Å². The SMILES string of the molecule is CCCS(=O)(=O)CCNc1ccc(Br)cc1Br. The molecule has 1 N–H and O–H groups in total. The number of rotatable bonds is 6. The molecule has 0 saturated carbocycles. The van der Waals surface area contributed by atoms with E-state index in [1.165, 1.54) is 0 Å². The van der Waals surface area contributed by atoms with Crippen molar-refractivity contribution in [3.63, 3.8) is 0 Å². The molecule has 96 valence electrons. The Balaban J connectivity index is 2.51. The van der Waals surface area contributed by atoms with E-state index in [1.54, 1.807) is 0 Å². The summed E-state index contributed by atoms with van der Waals surface area (Å²) < 4.78 is 24.9. The van der Waals surface area contributed by atoms with Gasteiger partial charge in [-0.1, -0.05) is 22.9 Å². The summed E-state index contributed by atoms with van der Waals surface area (Å²) in [6.45, 7) is 2.30. The second-order valence-corrected chi connectivity index (χ2v) is 7.78. The molecule has 0 spiro atoms. The van der Waals surface area contributed by atoms with E-state index in [2.05, 4.69) is 37.2 Å². The maximum absolute atomic E-state index is 11.5. The number of halogens is 2. The lowest BCUT2D eigenvalue weighted by atomic mass is 10.3. The summed E-state index contributed by atoms with van der Waals surface area (Å²) >= 11 is 6.78. The van der Waals surface area contributed by atoms with Crippen molar-refractivity contribution in [3.8, 4) is 0 Å². The lowest BCUT2D eigenvalue weighted by molar-refractivity contribution is 0.595. The topological polar surface area (TPSA) is 46.2 Å². The van der Waals surface area contributed by atoms with E-state index in [9.17, 15) is 8.42 Å². The molecule has 0 amide bonds. The smallest absolute Gasteiger partial charge is 0.152 e. The first-order valence-electron chi connectivity index (χ1n) is 5.34. The van der Waals surface area contributed by atoms with Crippen LogP contribution in [0, 0.1) is 0 Å². The molecule has 1 rings (SSSR count). The molecule has 0 aromatic heterocycles. The van der Waals surface area contributed by atoms with E-state index in [4.69, 9.17) is 0 Å². The first-order chi connectivity index (χ1) is 7.94. The molecule has 0 atom stereocenters. The van der Waals surface area contributed by atoms with Crippen molar-refractivity contribution in [3.05, 3.63) is 27.1 Å². The van der Waals surface area contributed by atoms with Gasteiger partial charge in [-0.05, 0) is 40.5 Å². The van der Waals surface area contributed by atoms with Gasteiger partial charge in [0.15, 0.2) is 9.84 Å². The average molecular weight is 385 g/mol. The van der Waals surface area contributed by atoms with Crippen LogP contribution in [-0.4, -0.2) is 26.5 Å². The first kappa shape index (κ1) is 15.0. The van der Waals surface area contributed by atoms with Crippen LogP contribution in [0.4, 0.5) is 5.69 Å². The van der Waals surface area contributed by atoms with Crippen LogP contribution in [0.15, 0.2) is 27.1 Å². The standard InChI is InChI=1S/C11H15Br2NO2S/c1-2-6-17(15,16)7-5-14-11-4-3-9(12)8-10(11)13/h3-4,8,14H,2,5-7H2,1H3. The molecule has 0 bridgehead atoms. The van der Waals surface area contributed by atoms with Crippen molar-refractivity contribution in [1.82, 2.24) is 0 Å². The molecule has 17 heavy (non-hydrogen) atoms.